The Balaban J connectivity index is 2.09. The van der Waals surface area contributed by atoms with Gasteiger partial charge in [0.1, 0.15) is 11.2 Å². The Labute approximate surface area is 125 Å². The van der Waals surface area contributed by atoms with Crippen LogP contribution in [0.4, 0.5) is 0 Å². The van der Waals surface area contributed by atoms with Crippen molar-refractivity contribution in [3.8, 4) is 11.3 Å². The molecule has 1 saturated carbocycles. The molecule has 1 aliphatic carbocycles. The molecule has 0 amide bonds. The number of imidazole rings is 1. The summed E-state index contributed by atoms with van der Waals surface area (Å²) < 4.78 is 0.958. The summed E-state index contributed by atoms with van der Waals surface area (Å²) in [4.78, 5) is 19.3. The predicted octanol–water partition coefficient (Wildman–Crippen LogP) is 3.65. The van der Waals surface area contributed by atoms with Crippen molar-refractivity contribution >= 4 is 21.9 Å². The van der Waals surface area contributed by atoms with Crippen molar-refractivity contribution < 1.29 is 9.90 Å². The molecule has 2 aromatic rings. The molecule has 0 unspecified atom stereocenters. The Kier molecular flexibility index (Phi) is 3.17. The molecule has 2 N–H and O–H groups in total. The molecular formula is C15H15BrN2O2. The van der Waals surface area contributed by atoms with E-state index in [1.807, 2.05) is 31.2 Å². The number of carbonyl (C=O) groups is 1. The number of nitrogens with zero attached hydrogens (tertiary/aromatic N) is 1. The van der Waals surface area contributed by atoms with Gasteiger partial charge in [-0.15, -0.1) is 0 Å². The number of hydrogen-bond donors (Lipinski definition) is 2. The number of rotatable bonds is 3. The monoisotopic (exact) mass is 334 g/mol. The lowest BCUT2D eigenvalue weighted by Crippen LogP contribution is -2.43. The van der Waals surface area contributed by atoms with Crippen molar-refractivity contribution in [2.24, 2.45) is 0 Å². The molecule has 20 heavy (non-hydrogen) atoms. The van der Waals surface area contributed by atoms with E-state index >= 15 is 0 Å². The largest absolute Gasteiger partial charge is 0.480 e. The number of carboxylic acid groups (broad SMARTS) is 1. The Hall–Kier alpha value is -1.62. The molecule has 5 heteroatoms. The number of halogens is 1. The summed E-state index contributed by atoms with van der Waals surface area (Å²) in [5, 5.41) is 9.49. The number of benzene rings is 1. The zero-order valence-corrected chi connectivity index (χ0v) is 12.7. The van der Waals surface area contributed by atoms with Gasteiger partial charge in [0.05, 0.1) is 5.69 Å². The standard InChI is InChI=1S/C15H15BrN2O2/c1-9-12(10-5-2-3-6-11(10)16)18-13(17-9)15(14(19)20)7-4-8-15/h2-3,5-6H,4,7-8H2,1H3,(H,17,18)(H,19,20). The van der Waals surface area contributed by atoms with Crippen LogP contribution in [0, 0.1) is 6.92 Å². The van der Waals surface area contributed by atoms with E-state index in [0.717, 1.165) is 27.8 Å². The van der Waals surface area contributed by atoms with E-state index in [1.165, 1.54) is 0 Å². The molecule has 0 saturated heterocycles. The average molecular weight is 335 g/mol. The summed E-state index contributed by atoms with van der Waals surface area (Å²) >= 11 is 3.52. The summed E-state index contributed by atoms with van der Waals surface area (Å²) in [6.45, 7) is 1.93. The highest BCUT2D eigenvalue weighted by Crippen LogP contribution is 2.44. The number of carboxylic acids is 1. The quantitative estimate of drug-likeness (QED) is 0.900. The number of aryl methyl sites for hydroxylation is 1. The summed E-state index contributed by atoms with van der Waals surface area (Å²) in [5.74, 6) is -0.198. The van der Waals surface area contributed by atoms with Gasteiger partial charge in [0.2, 0.25) is 0 Å². The molecule has 3 rings (SSSR count). The zero-order valence-electron chi connectivity index (χ0n) is 11.1. The highest BCUT2D eigenvalue weighted by Gasteiger charge is 2.48. The van der Waals surface area contributed by atoms with Gasteiger partial charge in [-0.1, -0.05) is 40.5 Å². The van der Waals surface area contributed by atoms with E-state index in [2.05, 4.69) is 25.9 Å². The maximum atomic E-state index is 11.6. The first kappa shape index (κ1) is 13.4. The second-order valence-electron chi connectivity index (χ2n) is 5.28. The third kappa shape index (κ3) is 1.88. The van der Waals surface area contributed by atoms with Crippen LogP contribution in [0.3, 0.4) is 0 Å². The van der Waals surface area contributed by atoms with Crippen molar-refractivity contribution in [2.75, 3.05) is 0 Å². The fourth-order valence-electron chi connectivity index (χ4n) is 2.68. The van der Waals surface area contributed by atoms with Crippen LogP contribution in [0.15, 0.2) is 28.7 Å². The lowest BCUT2D eigenvalue weighted by Gasteiger charge is -2.35. The van der Waals surface area contributed by atoms with Crippen molar-refractivity contribution in [1.29, 1.82) is 0 Å². The Bertz CT molecular complexity index is 674. The molecule has 1 aliphatic rings. The average Bonchev–Trinajstić information content (AvgIpc) is 2.70. The van der Waals surface area contributed by atoms with E-state index in [-0.39, 0.29) is 0 Å². The van der Waals surface area contributed by atoms with Crippen molar-refractivity contribution in [1.82, 2.24) is 9.97 Å². The van der Waals surface area contributed by atoms with E-state index in [4.69, 9.17) is 0 Å². The van der Waals surface area contributed by atoms with Gasteiger partial charge in [-0.2, -0.15) is 0 Å². The number of hydrogen-bond acceptors (Lipinski definition) is 2. The van der Waals surface area contributed by atoms with Crippen LogP contribution in [0.25, 0.3) is 11.3 Å². The molecule has 0 radical (unpaired) electrons. The minimum absolute atomic E-state index is 0.583. The maximum Gasteiger partial charge on any atom is 0.317 e. The predicted molar refractivity (Wildman–Crippen MR) is 79.6 cm³/mol. The molecule has 1 heterocycles. The first-order valence-electron chi connectivity index (χ1n) is 6.60. The van der Waals surface area contributed by atoms with E-state index in [9.17, 15) is 9.90 Å². The van der Waals surface area contributed by atoms with Gasteiger partial charge in [0.15, 0.2) is 0 Å². The SMILES string of the molecule is Cc1[nH]c(C2(C(=O)O)CCC2)nc1-c1ccccc1Br. The third-order valence-corrected chi connectivity index (χ3v) is 4.77. The number of aromatic nitrogens is 2. The molecule has 1 aromatic carbocycles. The molecule has 0 atom stereocenters. The molecule has 0 aliphatic heterocycles. The van der Waals surface area contributed by atoms with Gasteiger partial charge in [0.25, 0.3) is 0 Å². The van der Waals surface area contributed by atoms with Crippen LogP contribution < -0.4 is 0 Å². The number of H-pyrrole nitrogens is 1. The minimum Gasteiger partial charge on any atom is -0.480 e. The lowest BCUT2D eigenvalue weighted by molar-refractivity contribution is -0.147. The molecule has 0 bridgehead atoms. The van der Waals surface area contributed by atoms with Gasteiger partial charge in [-0.25, -0.2) is 4.98 Å². The number of aromatic amines is 1. The van der Waals surface area contributed by atoms with Crippen LogP contribution in [0.1, 0.15) is 30.8 Å². The van der Waals surface area contributed by atoms with E-state index in [1.54, 1.807) is 0 Å². The van der Waals surface area contributed by atoms with Crippen molar-refractivity contribution in [3.05, 3.63) is 40.3 Å². The van der Waals surface area contributed by atoms with Gasteiger partial charge in [-0.05, 0) is 25.8 Å². The van der Waals surface area contributed by atoms with Crippen LogP contribution in [0.5, 0.6) is 0 Å². The molecule has 104 valence electrons. The minimum atomic E-state index is -0.815. The van der Waals surface area contributed by atoms with Gasteiger partial charge >= 0.3 is 5.97 Å². The molecular weight excluding hydrogens is 320 g/mol. The van der Waals surface area contributed by atoms with Crippen LogP contribution in [0.2, 0.25) is 0 Å². The first-order valence-corrected chi connectivity index (χ1v) is 7.39. The second kappa shape index (κ2) is 4.74. The maximum absolute atomic E-state index is 11.6. The second-order valence-corrected chi connectivity index (χ2v) is 6.13. The highest BCUT2D eigenvalue weighted by molar-refractivity contribution is 9.10. The van der Waals surface area contributed by atoms with Gasteiger partial charge in [0, 0.05) is 15.7 Å². The first-order chi connectivity index (χ1) is 9.54. The summed E-state index contributed by atoms with van der Waals surface area (Å²) in [6.07, 6.45) is 2.26. The Morgan fingerprint density at radius 3 is 2.65 bits per heavy atom. The van der Waals surface area contributed by atoms with Crippen LogP contribution >= 0.6 is 15.9 Å². The van der Waals surface area contributed by atoms with E-state index < -0.39 is 11.4 Å². The smallest absolute Gasteiger partial charge is 0.317 e. The number of aliphatic carboxylic acids is 1. The molecule has 4 nitrogen and oxygen atoms in total. The van der Waals surface area contributed by atoms with E-state index in [0.29, 0.717) is 18.7 Å². The molecule has 0 spiro atoms. The van der Waals surface area contributed by atoms with Gasteiger partial charge < -0.3 is 10.1 Å². The summed E-state index contributed by atoms with van der Waals surface area (Å²) in [7, 11) is 0. The fourth-order valence-corrected chi connectivity index (χ4v) is 3.16. The topological polar surface area (TPSA) is 66.0 Å². The summed E-state index contributed by atoms with van der Waals surface area (Å²) in [6, 6.07) is 7.83. The Morgan fingerprint density at radius 1 is 1.40 bits per heavy atom. The Morgan fingerprint density at radius 2 is 2.10 bits per heavy atom. The summed E-state index contributed by atoms with van der Waals surface area (Å²) in [5.41, 5.74) is 1.89. The fraction of sp³-hybridized carbons (Fsp3) is 0.333. The molecule has 1 fully saturated rings. The van der Waals surface area contributed by atoms with Crippen molar-refractivity contribution in [2.45, 2.75) is 31.6 Å². The lowest BCUT2D eigenvalue weighted by atomic mass is 9.68. The van der Waals surface area contributed by atoms with Crippen LogP contribution in [-0.2, 0) is 10.2 Å². The van der Waals surface area contributed by atoms with Gasteiger partial charge in [-0.3, -0.25) is 4.79 Å². The molecule has 1 aromatic heterocycles. The third-order valence-electron chi connectivity index (χ3n) is 4.08. The highest BCUT2D eigenvalue weighted by atomic mass is 79.9. The van der Waals surface area contributed by atoms with Crippen molar-refractivity contribution in [3.63, 3.8) is 0 Å². The van der Waals surface area contributed by atoms with Crippen LogP contribution in [-0.4, -0.2) is 21.0 Å². The number of nitrogens with one attached hydrogen (secondary N) is 1. The zero-order chi connectivity index (χ0) is 14.3. The normalized spacial score (nSPS) is 16.7.